The molecule has 0 amide bonds. The molecule has 85 heavy (non-hydrogen) atoms. The van der Waals surface area contributed by atoms with Gasteiger partial charge in [-0.1, -0.05) is 12.1 Å². The second kappa shape index (κ2) is 22.2. The first-order valence-electron chi connectivity index (χ1n) is 21.8. The quantitative estimate of drug-likeness (QED) is 0.0175. The minimum atomic E-state index is -5.67. The fourth-order valence-electron chi connectivity index (χ4n) is 7.86. The number of aromatic carboxylic acids is 1. The van der Waals surface area contributed by atoms with E-state index in [1.54, 1.807) is 0 Å². The molecule has 442 valence electrons. The normalized spacial score (nSPS) is 13.3. The Balaban J connectivity index is 1.27. The van der Waals surface area contributed by atoms with Crippen LogP contribution in [0.5, 0.6) is 23.0 Å². The number of rotatable bonds is 17. The zero-order valence-corrected chi connectivity index (χ0v) is 46.6. The second-order valence-electron chi connectivity index (χ2n) is 16.8. The van der Waals surface area contributed by atoms with Gasteiger partial charge in [0, 0.05) is 32.2 Å². The van der Waals surface area contributed by atoms with Crippen molar-refractivity contribution >= 4 is 158 Å². The van der Waals surface area contributed by atoms with Crippen LogP contribution in [0.3, 0.4) is 0 Å². The summed E-state index contributed by atoms with van der Waals surface area (Å²) in [5, 5.41) is 69.1. The minimum Gasteiger partial charge on any atom is -0.505 e. The maximum absolute atomic E-state index is 13.0. The van der Waals surface area contributed by atoms with E-state index >= 15 is 0 Å². The van der Waals surface area contributed by atoms with Gasteiger partial charge in [-0.25, -0.2) is 9.32 Å². The van der Waals surface area contributed by atoms with E-state index in [4.69, 9.17) is 10.6 Å². The van der Waals surface area contributed by atoms with Crippen LogP contribution in [0.15, 0.2) is 167 Å². The number of phenols is 3. The standard InChI is InChI=1S/C43H28N9O26PS6/c44-35-29(49-48-28-9-7-22-24(42(28)85(75,76)77)14-32(83(69,70)71)37(39(22)53)50-45-18-2-1-3-20(11-18)78-79(58)59)16-30(81(63,64)65)26-15-33(84(72,73)74)38(41(55)34(26)35)51-46-19-5-4-17-10-31(82(66,67)68)36(40(54)23(17)12-19)52-47-27-8-6-21(80(60,61)62)13-25(27)43(56)57/h1-16H,(H12-,44,45,46,47,48,49,50,51,52,53,54,55,56,57,58,59,60,61,62,63,64,65,66,67,68,69,70,71,72,73,74,75,76,77)/p+1. The topological polar surface area (TPSA) is 596 Å². The molecule has 0 radical (unpaired) electrons. The Bertz CT molecular complexity index is 5160. The summed E-state index contributed by atoms with van der Waals surface area (Å²) in [5.41, 5.74) is -2.17. The molecule has 0 bridgehead atoms. The highest BCUT2D eigenvalue weighted by Crippen LogP contribution is 2.51. The SMILES string of the molecule is Nc1c(N=Nc2ccc3c(O)c(N=Nc4cccc(O[P+](=O)O)c4)c(S(=O)(=O)O)cc3c2S(=O)(=O)O)cc(S(=O)(=O)O)c2cc(S(=O)(=O)O)c(N=Nc3ccc4cc(S(=O)(=O)O)c(N=Nc5ccc(S(=O)(=O)O)cc5C(=O)O)c(O)c4c3)c(O)c12. The molecule has 0 saturated heterocycles. The molecule has 0 heterocycles. The van der Waals surface area contributed by atoms with Crippen LogP contribution in [0, 0.1) is 0 Å². The molecule has 8 aromatic carbocycles. The molecule has 0 aromatic heterocycles. The van der Waals surface area contributed by atoms with E-state index < -0.39 is 200 Å². The molecule has 0 aliphatic heterocycles. The summed E-state index contributed by atoms with van der Waals surface area (Å²) in [6, 6.07) is 12.9. The van der Waals surface area contributed by atoms with Crippen molar-refractivity contribution in [3.05, 3.63) is 103 Å². The zero-order valence-electron chi connectivity index (χ0n) is 40.8. The lowest BCUT2D eigenvalue weighted by atomic mass is 10.0. The number of phenolic OH excluding ortho intramolecular Hbond substituents is 3. The molecular formula is C43H29N9O26PS6+. The summed E-state index contributed by atoms with van der Waals surface area (Å²) >= 11 is 0. The lowest BCUT2D eigenvalue weighted by Gasteiger charge is -2.15. The number of nitrogen functional groups attached to an aromatic ring is 1. The summed E-state index contributed by atoms with van der Waals surface area (Å²) in [4.78, 5) is 13.4. The van der Waals surface area contributed by atoms with Gasteiger partial charge in [0.1, 0.15) is 58.6 Å². The molecule has 1 atom stereocenters. The fraction of sp³-hybridized carbons (Fsp3) is 0. The average Bonchev–Trinajstić information content (AvgIpc) is 3.47. The molecule has 0 fully saturated rings. The highest BCUT2D eigenvalue weighted by molar-refractivity contribution is 7.87. The summed E-state index contributed by atoms with van der Waals surface area (Å²) in [6.45, 7) is 0. The fourth-order valence-corrected chi connectivity index (χ4v) is 12.1. The van der Waals surface area contributed by atoms with Gasteiger partial charge in [-0.2, -0.15) is 60.7 Å². The molecule has 8 rings (SSSR count). The number of hydrogen-bond acceptors (Lipinski definition) is 27. The molecule has 0 aliphatic carbocycles. The van der Waals surface area contributed by atoms with Crippen LogP contribution in [0.25, 0.3) is 32.3 Å². The van der Waals surface area contributed by atoms with Gasteiger partial charge in [0.05, 0.1) is 32.9 Å². The maximum atomic E-state index is 13.0. The molecule has 8 aromatic rings. The molecule has 0 saturated carbocycles. The van der Waals surface area contributed by atoms with Crippen LogP contribution in [0.1, 0.15) is 10.4 Å². The van der Waals surface area contributed by atoms with Gasteiger partial charge in [-0.05, 0) is 84.2 Å². The third kappa shape index (κ3) is 12.9. The molecule has 1 unspecified atom stereocenters. The number of azo groups is 4. The smallest absolute Gasteiger partial charge is 0.505 e. The van der Waals surface area contributed by atoms with E-state index in [-0.39, 0.29) is 16.8 Å². The highest BCUT2D eigenvalue weighted by atomic mass is 32.2. The molecule has 13 N–H and O–H groups in total. The lowest BCUT2D eigenvalue weighted by Crippen LogP contribution is -2.04. The monoisotopic (exact) mass is 1310 g/mol. The number of hydrogen-bond donors (Lipinski definition) is 12. The van der Waals surface area contributed by atoms with Crippen molar-refractivity contribution in [1.82, 2.24) is 0 Å². The van der Waals surface area contributed by atoms with E-state index in [0.29, 0.717) is 36.4 Å². The van der Waals surface area contributed by atoms with E-state index in [9.17, 15) is 108 Å². The van der Waals surface area contributed by atoms with Crippen molar-refractivity contribution in [3.8, 4) is 23.0 Å². The summed E-state index contributed by atoms with van der Waals surface area (Å²) in [5.74, 6) is -5.87. The number of benzene rings is 8. The number of anilines is 1. The average molecular weight is 1310 g/mol. The van der Waals surface area contributed by atoms with Crippen molar-refractivity contribution in [2.24, 2.45) is 40.9 Å². The first-order chi connectivity index (χ1) is 39.2. The van der Waals surface area contributed by atoms with Crippen LogP contribution in [-0.2, 0) is 65.3 Å². The summed E-state index contributed by atoms with van der Waals surface area (Å²) < 4.78 is 228. The number of carbonyl (C=O) groups is 1. The molecule has 0 aliphatic rings. The number of nitrogens with zero attached hydrogens (tertiary/aromatic N) is 8. The Labute approximate surface area is 474 Å². The third-order valence-electron chi connectivity index (χ3n) is 11.4. The predicted octanol–water partition coefficient (Wildman–Crippen LogP) is 8.71. The second-order valence-corrected chi connectivity index (χ2v) is 25.8. The van der Waals surface area contributed by atoms with Crippen LogP contribution in [0.2, 0.25) is 0 Å². The summed E-state index contributed by atoms with van der Waals surface area (Å²) in [7, 11) is -35.9. The molecule has 42 heteroatoms. The van der Waals surface area contributed by atoms with Gasteiger partial charge in [-0.15, -0.1) is 35.6 Å². The molecule has 35 nitrogen and oxygen atoms in total. The van der Waals surface area contributed by atoms with Gasteiger partial charge in [0.2, 0.25) is 0 Å². The summed E-state index contributed by atoms with van der Waals surface area (Å²) in [6.07, 6.45) is 0. The number of carboxylic acid groups (broad SMARTS) is 1. The van der Waals surface area contributed by atoms with Gasteiger partial charge in [-0.3, -0.25) is 27.3 Å². The number of fused-ring (bicyclic) bond motifs is 3. The van der Waals surface area contributed by atoms with Crippen LogP contribution in [-0.4, -0.2) is 109 Å². The minimum absolute atomic E-state index is 0.190. The van der Waals surface area contributed by atoms with Crippen LogP contribution >= 0.6 is 8.25 Å². The molecule has 0 spiro atoms. The van der Waals surface area contributed by atoms with Crippen molar-refractivity contribution in [2.45, 2.75) is 29.4 Å². The first-order valence-corrected chi connectivity index (χ1v) is 31.6. The van der Waals surface area contributed by atoms with Crippen molar-refractivity contribution < 1.29 is 117 Å². The predicted molar refractivity (Wildman–Crippen MR) is 287 cm³/mol. The first kappa shape index (κ1) is 62.0. The van der Waals surface area contributed by atoms with Crippen LogP contribution < -0.4 is 10.3 Å². The Hall–Kier alpha value is -9.07. The third-order valence-corrected chi connectivity index (χ3v) is 17.1. The number of aromatic hydroxyl groups is 3. The van der Waals surface area contributed by atoms with E-state index in [2.05, 4.69) is 45.4 Å². The van der Waals surface area contributed by atoms with Gasteiger partial charge in [0.25, 0.3) is 60.7 Å². The molecular weight excluding hydrogens is 1280 g/mol. The van der Waals surface area contributed by atoms with E-state index in [1.165, 1.54) is 18.2 Å². The van der Waals surface area contributed by atoms with E-state index in [0.717, 1.165) is 42.5 Å². The van der Waals surface area contributed by atoms with Gasteiger partial charge < -0.3 is 26.2 Å². The Morgan fingerprint density at radius 1 is 0.459 bits per heavy atom. The maximum Gasteiger partial charge on any atom is 0.747 e. The Morgan fingerprint density at radius 3 is 1.52 bits per heavy atom. The Morgan fingerprint density at radius 2 is 0.965 bits per heavy atom. The van der Waals surface area contributed by atoms with Crippen LogP contribution in [0.4, 0.5) is 51.2 Å². The number of carboxylic acids is 1. The Kier molecular flexibility index (Phi) is 16.2. The van der Waals surface area contributed by atoms with Gasteiger partial charge in [0.15, 0.2) is 23.0 Å². The van der Waals surface area contributed by atoms with Gasteiger partial charge >= 0.3 is 14.2 Å². The number of nitrogens with two attached hydrogens (primary N) is 1. The zero-order chi connectivity index (χ0) is 62.8. The highest BCUT2D eigenvalue weighted by Gasteiger charge is 2.32. The van der Waals surface area contributed by atoms with Crippen molar-refractivity contribution in [1.29, 1.82) is 0 Å². The lowest BCUT2D eigenvalue weighted by molar-refractivity contribution is 0.0697. The van der Waals surface area contributed by atoms with Crippen molar-refractivity contribution in [3.63, 3.8) is 0 Å². The van der Waals surface area contributed by atoms with E-state index in [1.807, 2.05) is 0 Å². The van der Waals surface area contributed by atoms with Crippen molar-refractivity contribution in [2.75, 3.05) is 5.73 Å². The largest absolute Gasteiger partial charge is 0.747 e.